The van der Waals surface area contributed by atoms with Gasteiger partial charge in [-0.1, -0.05) is 0 Å². The summed E-state index contributed by atoms with van der Waals surface area (Å²) in [6.45, 7) is 0. The predicted molar refractivity (Wildman–Crippen MR) is 69.8 cm³/mol. The highest BCUT2D eigenvalue weighted by Crippen LogP contribution is 2.28. The molecule has 0 aliphatic heterocycles. The Morgan fingerprint density at radius 2 is 2.00 bits per heavy atom. The van der Waals surface area contributed by atoms with E-state index in [1.807, 2.05) is 31.4 Å². The smallest absolute Gasteiger partial charge is 0.124 e. The maximum atomic E-state index is 4.65. The van der Waals surface area contributed by atoms with Crippen LogP contribution in [-0.2, 0) is 7.05 Å². The summed E-state index contributed by atoms with van der Waals surface area (Å²) in [5.41, 5.74) is 3.28. The third-order valence-electron chi connectivity index (χ3n) is 2.64. The number of hydrogen-bond acceptors (Lipinski definition) is 3. The fourth-order valence-corrected chi connectivity index (χ4v) is 2.57. The van der Waals surface area contributed by atoms with E-state index in [0.717, 1.165) is 22.0 Å². The van der Waals surface area contributed by atoms with Gasteiger partial charge in [0.1, 0.15) is 5.01 Å². The third-order valence-corrected chi connectivity index (χ3v) is 3.53. The Morgan fingerprint density at radius 3 is 2.71 bits per heavy atom. The minimum absolute atomic E-state index is 1.02. The van der Waals surface area contributed by atoms with Crippen LogP contribution in [0.5, 0.6) is 0 Å². The van der Waals surface area contributed by atoms with E-state index in [-0.39, 0.29) is 0 Å². The number of thiazole rings is 1. The summed E-state index contributed by atoms with van der Waals surface area (Å²) in [6, 6.07) is 8.06. The predicted octanol–water partition coefficient (Wildman–Crippen LogP) is 3.21. The van der Waals surface area contributed by atoms with Crippen molar-refractivity contribution in [1.82, 2.24) is 14.5 Å². The summed E-state index contributed by atoms with van der Waals surface area (Å²) in [6.07, 6.45) is 5.61. The maximum absolute atomic E-state index is 4.65. The molecule has 3 heterocycles. The molecular weight excluding hydrogens is 230 g/mol. The zero-order chi connectivity index (χ0) is 11.7. The molecule has 0 saturated heterocycles. The number of hydrogen-bond donors (Lipinski definition) is 0. The first-order valence-electron chi connectivity index (χ1n) is 5.32. The molecule has 3 nitrogen and oxygen atoms in total. The van der Waals surface area contributed by atoms with Gasteiger partial charge < -0.3 is 4.57 Å². The standard InChI is InChI=1S/C13H11N3S/c1-16-8-2-3-12(16)11-9-17-13(15-11)10-4-6-14-7-5-10/h2-9H,1H3. The molecule has 0 amide bonds. The summed E-state index contributed by atoms with van der Waals surface area (Å²) in [4.78, 5) is 8.67. The molecule has 0 atom stereocenters. The molecule has 3 aromatic heterocycles. The number of nitrogens with zero attached hydrogens (tertiary/aromatic N) is 3. The highest BCUT2D eigenvalue weighted by atomic mass is 32.1. The Balaban J connectivity index is 2.02. The lowest BCUT2D eigenvalue weighted by Crippen LogP contribution is -1.89. The zero-order valence-electron chi connectivity index (χ0n) is 9.37. The Hall–Kier alpha value is -1.94. The van der Waals surface area contributed by atoms with Crippen LogP contribution in [-0.4, -0.2) is 14.5 Å². The zero-order valence-corrected chi connectivity index (χ0v) is 10.2. The van der Waals surface area contributed by atoms with Crippen molar-refractivity contribution in [3.8, 4) is 22.0 Å². The number of pyridine rings is 1. The van der Waals surface area contributed by atoms with E-state index in [9.17, 15) is 0 Å². The Kier molecular flexibility index (Phi) is 2.49. The van der Waals surface area contributed by atoms with E-state index in [2.05, 4.69) is 26.0 Å². The molecule has 4 heteroatoms. The summed E-state index contributed by atoms with van der Waals surface area (Å²) < 4.78 is 2.07. The summed E-state index contributed by atoms with van der Waals surface area (Å²) in [5.74, 6) is 0. The molecular formula is C13H11N3S. The maximum Gasteiger partial charge on any atom is 0.124 e. The van der Waals surface area contributed by atoms with Crippen molar-refractivity contribution in [2.45, 2.75) is 0 Å². The Bertz CT molecular complexity index is 625. The van der Waals surface area contributed by atoms with Gasteiger partial charge in [0.2, 0.25) is 0 Å². The van der Waals surface area contributed by atoms with Crippen LogP contribution in [0.3, 0.4) is 0 Å². The average molecular weight is 241 g/mol. The number of rotatable bonds is 2. The molecule has 0 N–H and O–H groups in total. The van der Waals surface area contributed by atoms with Crippen LogP contribution < -0.4 is 0 Å². The highest BCUT2D eigenvalue weighted by molar-refractivity contribution is 7.13. The summed E-state index contributed by atoms with van der Waals surface area (Å²) in [5, 5.41) is 3.12. The summed E-state index contributed by atoms with van der Waals surface area (Å²) in [7, 11) is 2.03. The third kappa shape index (κ3) is 1.87. The molecule has 17 heavy (non-hydrogen) atoms. The molecule has 3 rings (SSSR count). The molecule has 0 aliphatic rings. The second-order valence-electron chi connectivity index (χ2n) is 3.78. The van der Waals surface area contributed by atoms with Crippen LogP contribution in [0.25, 0.3) is 22.0 Å². The molecule has 3 aromatic rings. The fourth-order valence-electron chi connectivity index (χ4n) is 1.75. The lowest BCUT2D eigenvalue weighted by molar-refractivity contribution is 0.933. The van der Waals surface area contributed by atoms with Gasteiger partial charge in [-0.25, -0.2) is 4.98 Å². The van der Waals surface area contributed by atoms with Crippen molar-refractivity contribution in [2.75, 3.05) is 0 Å². The van der Waals surface area contributed by atoms with E-state index in [0.29, 0.717) is 0 Å². The summed E-state index contributed by atoms with van der Waals surface area (Å²) >= 11 is 1.66. The van der Waals surface area contributed by atoms with Gasteiger partial charge in [0.05, 0.1) is 11.4 Å². The first-order valence-corrected chi connectivity index (χ1v) is 6.20. The van der Waals surface area contributed by atoms with Gasteiger partial charge in [-0.2, -0.15) is 0 Å². The van der Waals surface area contributed by atoms with Crippen LogP contribution in [0, 0.1) is 0 Å². The number of aryl methyl sites for hydroxylation is 1. The van der Waals surface area contributed by atoms with Crippen LogP contribution in [0.2, 0.25) is 0 Å². The van der Waals surface area contributed by atoms with Gasteiger partial charge in [0, 0.05) is 36.6 Å². The highest BCUT2D eigenvalue weighted by Gasteiger charge is 2.08. The van der Waals surface area contributed by atoms with Gasteiger partial charge in [-0.05, 0) is 24.3 Å². The van der Waals surface area contributed by atoms with E-state index >= 15 is 0 Å². The largest absolute Gasteiger partial charge is 0.349 e. The van der Waals surface area contributed by atoms with Crippen LogP contribution in [0.1, 0.15) is 0 Å². The monoisotopic (exact) mass is 241 g/mol. The van der Waals surface area contributed by atoms with Crippen molar-refractivity contribution in [3.63, 3.8) is 0 Å². The fraction of sp³-hybridized carbons (Fsp3) is 0.0769. The first-order chi connectivity index (χ1) is 8.34. The topological polar surface area (TPSA) is 30.7 Å². The van der Waals surface area contributed by atoms with Gasteiger partial charge in [-0.3, -0.25) is 4.98 Å². The van der Waals surface area contributed by atoms with E-state index in [1.165, 1.54) is 0 Å². The quantitative estimate of drug-likeness (QED) is 0.689. The average Bonchev–Trinajstić information content (AvgIpc) is 2.98. The van der Waals surface area contributed by atoms with Crippen molar-refractivity contribution >= 4 is 11.3 Å². The van der Waals surface area contributed by atoms with E-state index in [4.69, 9.17) is 0 Å². The molecule has 0 aromatic carbocycles. The van der Waals surface area contributed by atoms with Gasteiger partial charge in [-0.15, -0.1) is 11.3 Å². The van der Waals surface area contributed by atoms with Crippen molar-refractivity contribution in [1.29, 1.82) is 0 Å². The first kappa shape index (κ1) is 10.2. The van der Waals surface area contributed by atoms with Gasteiger partial charge >= 0.3 is 0 Å². The number of aromatic nitrogens is 3. The van der Waals surface area contributed by atoms with Crippen LogP contribution >= 0.6 is 11.3 Å². The van der Waals surface area contributed by atoms with E-state index < -0.39 is 0 Å². The van der Waals surface area contributed by atoms with E-state index in [1.54, 1.807) is 23.7 Å². The molecule has 0 radical (unpaired) electrons. The van der Waals surface area contributed by atoms with Crippen LogP contribution in [0.4, 0.5) is 0 Å². The SMILES string of the molecule is Cn1cccc1-c1csc(-c2ccncc2)n1. The van der Waals surface area contributed by atoms with Crippen molar-refractivity contribution in [2.24, 2.45) is 7.05 Å². The van der Waals surface area contributed by atoms with Crippen molar-refractivity contribution < 1.29 is 0 Å². The lowest BCUT2D eigenvalue weighted by Gasteiger charge is -1.98. The second-order valence-corrected chi connectivity index (χ2v) is 4.64. The molecule has 0 fully saturated rings. The minimum Gasteiger partial charge on any atom is -0.349 e. The molecule has 0 spiro atoms. The lowest BCUT2D eigenvalue weighted by atomic mass is 10.3. The Morgan fingerprint density at radius 1 is 1.18 bits per heavy atom. The molecule has 0 saturated carbocycles. The Labute approximate surface area is 103 Å². The van der Waals surface area contributed by atoms with Crippen molar-refractivity contribution in [3.05, 3.63) is 48.2 Å². The van der Waals surface area contributed by atoms with Gasteiger partial charge in [0.25, 0.3) is 0 Å². The molecule has 0 bridgehead atoms. The van der Waals surface area contributed by atoms with Gasteiger partial charge in [0.15, 0.2) is 0 Å². The normalized spacial score (nSPS) is 10.6. The molecule has 84 valence electrons. The van der Waals surface area contributed by atoms with Crippen LogP contribution in [0.15, 0.2) is 48.2 Å². The molecule has 0 unspecified atom stereocenters. The second kappa shape index (κ2) is 4.14. The minimum atomic E-state index is 1.02. The molecule has 0 aliphatic carbocycles.